The number of aromatic carboxylic acids is 1. The zero-order chi connectivity index (χ0) is 15.6. The topological polar surface area (TPSA) is 59.4 Å². The molecule has 0 fully saturated rings. The number of nitrogens with zero attached hydrogens (tertiary/aromatic N) is 1. The van der Waals surface area contributed by atoms with Crippen molar-refractivity contribution in [1.29, 1.82) is 0 Å². The Hall–Kier alpha value is -2.36. The van der Waals surface area contributed by atoms with E-state index >= 15 is 0 Å². The van der Waals surface area contributed by atoms with E-state index in [0.29, 0.717) is 11.5 Å². The number of carboxylic acid groups (broad SMARTS) is 1. The van der Waals surface area contributed by atoms with E-state index in [-0.39, 0.29) is 11.1 Å². The number of hydrogen-bond acceptors (Lipinski definition) is 3. The van der Waals surface area contributed by atoms with Gasteiger partial charge in [-0.25, -0.2) is 9.78 Å². The summed E-state index contributed by atoms with van der Waals surface area (Å²) in [6.45, 7) is 8.45. The maximum Gasteiger partial charge on any atom is 0.354 e. The third kappa shape index (κ3) is 3.60. The first-order chi connectivity index (χ1) is 9.77. The first kappa shape index (κ1) is 15.0. The molecule has 4 nitrogen and oxygen atoms in total. The summed E-state index contributed by atoms with van der Waals surface area (Å²) in [5.41, 5.74) is 2.29. The second-order valence-electron chi connectivity index (χ2n) is 6.01. The molecule has 0 atom stereocenters. The van der Waals surface area contributed by atoms with E-state index in [1.54, 1.807) is 6.07 Å². The first-order valence-electron chi connectivity index (χ1n) is 6.76. The highest BCUT2D eigenvalue weighted by Crippen LogP contribution is 2.30. The Morgan fingerprint density at radius 1 is 1.19 bits per heavy atom. The third-order valence-corrected chi connectivity index (χ3v) is 3.22. The molecule has 1 aromatic heterocycles. The van der Waals surface area contributed by atoms with Gasteiger partial charge in [0, 0.05) is 12.3 Å². The predicted molar refractivity (Wildman–Crippen MR) is 81.1 cm³/mol. The van der Waals surface area contributed by atoms with Crippen LogP contribution in [0, 0.1) is 6.92 Å². The quantitative estimate of drug-likeness (QED) is 0.919. The Morgan fingerprint density at radius 2 is 1.90 bits per heavy atom. The average Bonchev–Trinajstić information content (AvgIpc) is 2.40. The Morgan fingerprint density at radius 3 is 2.48 bits per heavy atom. The van der Waals surface area contributed by atoms with E-state index in [4.69, 9.17) is 9.84 Å². The molecule has 0 saturated carbocycles. The molecule has 0 amide bonds. The highest BCUT2D eigenvalue weighted by molar-refractivity contribution is 5.85. The summed E-state index contributed by atoms with van der Waals surface area (Å²) in [6, 6.07) is 9.09. The van der Waals surface area contributed by atoms with Crippen molar-refractivity contribution in [2.24, 2.45) is 0 Å². The van der Waals surface area contributed by atoms with Crippen molar-refractivity contribution in [2.75, 3.05) is 0 Å². The number of aromatic nitrogens is 1. The van der Waals surface area contributed by atoms with Crippen molar-refractivity contribution in [3.05, 3.63) is 53.3 Å². The van der Waals surface area contributed by atoms with Crippen LogP contribution < -0.4 is 4.74 Å². The zero-order valence-corrected chi connectivity index (χ0v) is 12.7. The Labute approximate surface area is 124 Å². The van der Waals surface area contributed by atoms with Crippen molar-refractivity contribution in [3.63, 3.8) is 0 Å². The Bertz CT molecular complexity index is 672. The van der Waals surface area contributed by atoms with Gasteiger partial charge < -0.3 is 9.84 Å². The SMILES string of the molecule is Cc1cc(C(C)(C)C)ccc1Oc1ccnc(C(=O)O)c1. The van der Waals surface area contributed by atoms with Crippen LogP contribution in [0.15, 0.2) is 36.5 Å². The molecule has 0 radical (unpaired) electrons. The zero-order valence-electron chi connectivity index (χ0n) is 12.7. The first-order valence-corrected chi connectivity index (χ1v) is 6.76. The largest absolute Gasteiger partial charge is 0.477 e. The summed E-state index contributed by atoms with van der Waals surface area (Å²) in [5.74, 6) is 0.111. The lowest BCUT2D eigenvalue weighted by Gasteiger charge is -2.20. The number of pyridine rings is 1. The molecule has 0 spiro atoms. The van der Waals surface area contributed by atoms with Crippen molar-refractivity contribution >= 4 is 5.97 Å². The molecule has 2 rings (SSSR count). The minimum atomic E-state index is -1.07. The van der Waals surface area contributed by atoms with Crippen LogP contribution in [0.1, 0.15) is 42.4 Å². The fraction of sp³-hybridized carbons (Fsp3) is 0.294. The molecule has 110 valence electrons. The fourth-order valence-corrected chi connectivity index (χ4v) is 1.95. The summed E-state index contributed by atoms with van der Waals surface area (Å²) >= 11 is 0. The van der Waals surface area contributed by atoms with E-state index in [2.05, 4.69) is 31.8 Å². The van der Waals surface area contributed by atoms with Crippen molar-refractivity contribution in [1.82, 2.24) is 4.98 Å². The molecule has 2 aromatic rings. The smallest absolute Gasteiger partial charge is 0.354 e. The number of carboxylic acids is 1. The highest BCUT2D eigenvalue weighted by atomic mass is 16.5. The Kier molecular flexibility index (Phi) is 3.98. The molecule has 0 unspecified atom stereocenters. The minimum absolute atomic E-state index is 0.0311. The van der Waals surface area contributed by atoms with Crippen LogP contribution in [-0.4, -0.2) is 16.1 Å². The van der Waals surface area contributed by atoms with Gasteiger partial charge in [-0.15, -0.1) is 0 Å². The van der Waals surface area contributed by atoms with Gasteiger partial charge in [-0.2, -0.15) is 0 Å². The summed E-state index contributed by atoms with van der Waals surface area (Å²) < 4.78 is 5.76. The summed E-state index contributed by atoms with van der Waals surface area (Å²) in [4.78, 5) is 14.7. The molecule has 0 aliphatic rings. The second kappa shape index (κ2) is 5.56. The molecule has 21 heavy (non-hydrogen) atoms. The van der Waals surface area contributed by atoms with E-state index < -0.39 is 5.97 Å². The summed E-state index contributed by atoms with van der Waals surface area (Å²) in [5, 5.41) is 8.94. The molecule has 1 aromatic carbocycles. The van der Waals surface area contributed by atoms with Gasteiger partial charge in [-0.3, -0.25) is 0 Å². The van der Waals surface area contributed by atoms with Crippen LogP contribution in [0.3, 0.4) is 0 Å². The summed E-state index contributed by atoms with van der Waals surface area (Å²) in [6.07, 6.45) is 1.43. The van der Waals surface area contributed by atoms with Gasteiger partial charge in [0.2, 0.25) is 0 Å². The third-order valence-electron chi connectivity index (χ3n) is 3.22. The van der Waals surface area contributed by atoms with Gasteiger partial charge in [-0.05, 0) is 35.6 Å². The van der Waals surface area contributed by atoms with Crippen LogP contribution in [0.5, 0.6) is 11.5 Å². The summed E-state index contributed by atoms with van der Waals surface area (Å²) in [7, 11) is 0. The minimum Gasteiger partial charge on any atom is -0.477 e. The highest BCUT2D eigenvalue weighted by Gasteiger charge is 2.15. The number of hydrogen-bond donors (Lipinski definition) is 1. The monoisotopic (exact) mass is 285 g/mol. The molecule has 4 heteroatoms. The van der Waals surface area contributed by atoms with Gasteiger partial charge in [0.05, 0.1) is 0 Å². The average molecular weight is 285 g/mol. The lowest BCUT2D eigenvalue weighted by atomic mass is 9.86. The molecule has 0 saturated heterocycles. The number of ether oxygens (including phenoxy) is 1. The number of benzene rings is 1. The van der Waals surface area contributed by atoms with Crippen molar-refractivity contribution in [2.45, 2.75) is 33.1 Å². The van der Waals surface area contributed by atoms with Crippen LogP contribution >= 0.6 is 0 Å². The van der Waals surface area contributed by atoms with Crippen LogP contribution in [0.4, 0.5) is 0 Å². The molecular formula is C17H19NO3. The predicted octanol–water partition coefficient (Wildman–Crippen LogP) is 4.18. The molecule has 1 N–H and O–H groups in total. The molecule has 1 heterocycles. The van der Waals surface area contributed by atoms with Crippen LogP contribution in [0.2, 0.25) is 0 Å². The lowest BCUT2D eigenvalue weighted by molar-refractivity contribution is 0.0690. The number of aryl methyl sites for hydroxylation is 1. The molecule has 0 aliphatic heterocycles. The van der Waals surface area contributed by atoms with Crippen molar-refractivity contribution in [3.8, 4) is 11.5 Å². The maximum atomic E-state index is 10.9. The van der Waals surface area contributed by atoms with Crippen LogP contribution in [-0.2, 0) is 5.41 Å². The van der Waals surface area contributed by atoms with E-state index in [0.717, 1.165) is 5.56 Å². The fourth-order valence-electron chi connectivity index (χ4n) is 1.95. The Balaban J connectivity index is 2.28. The van der Waals surface area contributed by atoms with E-state index in [1.807, 2.05) is 19.1 Å². The van der Waals surface area contributed by atoms with E-state index in [1.165, 1.54) is 17.8 Å². The van der Waals surface area contributed by atoms with E-state index in [9.17, 15) is 4.79 Å². The number of carbonyl (C=O) groups is 1. The lowest BCUT2D eigenvalue weighted by Crippen LogP contribution is -2.11. The van der Waals surface area contributed by atoms with Gasteiger partial charge in [0.25, 0.3) is 0 Å². The maximum absolute atomic E-state index is 10.9. The van der Waals surface area contributed by atoms with Crippen LogP contribution in [0.25, 0.3) is 0 Å². The number of rotatable bonds is 3. The van der Waals surface area contributed by atoms with Gasteiger partial charge in [-0.1, -0.05) is 32.9 Å². The molecule has 0 aliphatic carbocycles. The van der Waals surface area contributed by atoms with Gasteiger partial charge >= 0.3 is 5.97 Å². The molecule has 0 bridgehead atoms. The standard InChI is InChI=1S/C17H19NO3/c1-11-9-12(17(2,3)4)5-6-15(11)21-13-7-8-18-14(10-13)16(19)20/h5-10H,1-4H3,(H,19,20). The van der Waals surface area contributed by atoms with Crippen molar-refractivity contribution < 1.29 is 14.6 Å². The van der Waals surface area contributed by atoms with Gasteiger partial charge in [0.1, 0.15) is 11.5 Å². The second-order valence-corrected chi connectivity index (χ2v) is 6.01. The normalized spacial score (nSPS) is 11.2. The van der Waals surface area contributed by atoms with Gasteiger partial charge in [0.15, 0.2) is 5.69 Å². The molecular weight excluding hydrogens is 266 g/mol.